The van der Waals surface area contributed by atoms with Crippen molar-refractivity contribution in [3.63, 3.8) is 0 Å². The fourth-order valence-corrected chi connectivity index (χ4v) is 0.531. The van der Waals surface area contributed by atoms with E-state index in [-0.39, 0.29) is 12.7 Å². The summed E-state index contributed by atoms with van der Waals surface area (Å²) in [4.78, 5) is 0. The van der Waals surface area contributed by atoms with Gasteiger partial charge in [0.1, 0.15) is 0 Å². The summed E-state index contributed by atoms with van der Waals surface area (Å²) in [6.07, 6.45) is 0.929. The number of hydrogen-bond acceptors (Lipinski definition) is 3. The van der Waals surface area contributed by atoms with Crippen LogP contribution in [0.15, 0.2) is 0 Å². The smallest absolute Gasteiger partial charge is 0.0777 e. The molecule has 0 fully saturated rings. The van der Waals surface area contributed by atoms with E-state index < -0.39 is 0 Å². The fourth-order valence-electron chi connectivity index (χ4n) is 0.402. The Bertz CT molecular complexity index is 59.0. The molecule has 0 bridgehead atoms. The van der Waals surface area contributed by atoms with Gasteiger partial charge in [-0.2, -0.15) is 12.6 Å². The van der Waals surface area contributed by atoms with Crippen molar-refractivity contribution < 1.29 is 9.84 Å². The van der Waals surface area contributed by atoms with E-state index in [1.165, 1.54) is 0 Å². The summed E-state index contributed by atoms with van der Waals surface area (Å²) in [6, 6.07) is 0. The van der Waals surface area contributed by atoms with E-state index in [2.05, 4.69) is 12.6 Å². The second kappa shape index (κ2) is 6.39. The first-order chi connectivity index (χ1) is 4.31. The molecular formula is C6H14O2S. The van der Waals surface area contributed by atoms with Crippen molar-refractivity contribution in [2.45, 2.75) is 19.4 Å². The van der Waals surface area contributed by atoms with Gasteiger partial charge in [0.05, 0.1) is 12.7 Å². The summed E-state index contributed by atoms with van der Waals surface area (Å²) < 4.78 is 5.13. The molecule has 1 atom stereocenters. The molecule has 0 saturated carbocycles. The summed E-state index contributed by atoms with van der Waals surface area (Å²) >= 11 is 4.01. The Balaban J connectivity index is 2.88. The topological polar surface area (TPSA) is 29.5 Å². The standard InChI is InChI=1S/C6H14O2S/c1-6(5-7)8-3-2-4-9/h6-7,9H,2-5H2,1H3. The molecule has 0 aliphatic carbocycles. The Labute approximate surface area is 61.6 Å². The molecule has 0 saturated heterocycles. The molecule has 0 aliphatic rings. The lowest BCUT2D eigenvalue weighted by Crippen LogP contribution is -2.13. The Kier molecular flexibility index (Phi) is 6.58. The van der Waals surface area contributed by atoms with Crippen LogP contribution in [0.4, 0.5) is 0 Å². The maximum absolute atomic E-state index is 8.49. The second-order valence-corrected chi connectivity index (χ2v) is 2.39. The third kappa shape index (κ3) is 6.15. The van der Waals surface area contributed by atoms with E-state index in [4.69, 9.17) is 9.84 Å². The van der Waals surface area contributed by atoms with E-state index in [0.717, 1.165) is 12.2 Å². The molecule has 0 rings (SSSR count). The van der Waals surface area contributed by atoms with Gasteiger partial charge in [0, 0.05) is 6.61 Å². The molecule has 0 spiro atoms. The highest BCUT2D eigenvalue weighted by molar-refractivity contribution is 7.80. The predicted octanol–water partition coefficient (Wildman–Crippen LogP) is 0.704. The number of thiol groups is 1. The van der Waals surface area contributed by atoms with Crippen molar-refractivity contribution in [3.8, 4) is 0 Å². The van der Waals surface area contributed by atoms with Crippen LogP contribution < -0.4 is 0 Å². The third-order valence-corrected chi connectivity index (χ3v) is 1.28. The molecular weight excluding hydrogens is 136 g/mol. The normalized spacial score (nSPS) is 13.7. The van der Waals surface area contributed by atoms with Gasteiger partial charge in [-0.3, -0.25) is 0 Å². The van der Waals surface area contributed by atoms with E-state index in [0.29, 0.717) is 6.61 Å². The monoisotopic (exact) mass is 150 g/mol. The summed E-state index contributed by atoms with van der Waals surface area (Å²) in [6.45, 7) is 2.65. The molecule has 1 N–H and O–H groups in total. The Hall–Kier alpha value is 0.270. The lowest BCUT2D eigenvalue weighted by molar-refractivity contribution is 0.0258. The van der Waals surface area contributed by atoms with E-state index in [1.807, 2.05) is 6.92 Å². The number of aliphatic hydroxyl groups is 1. The highest BCUT2D eigenvalue weighted by Crippen LogP contribution is 1.91. The summed E-state index contributed by atoms with van der Waals surface area (Å²) in [5.41, 5.74) is 0. The van der Waals surface area contributed by atoms with Crippen LogP contribution in [0.2, 0.25) is 0 Å². The Morgan fingerprint density at radius 3 is 2.78 bits per heavy atom. The minimum Gasteiger partial charge on any atom is -0.394 e. The van der Waals surface area contributed by atoms with Gasteiger partial charge in [-0.05, 0) is 19.1 Å². The van der Waals surface area contributed by atoms with Gasteiger partial charge in [-0.15, -0.1) is 0 Å². The molecule has 0 amide bonds. The number of hydrogen-bond donors (Lipinski definition) is 2. The van der Waals surface area contributed by atoms with Crippen molar-refractivity contribution >= 4 is 12.6 Å². The molecule has 1 unspecified atom stereocenters. The highest BCUT2D eigenvalue weighted by Gasteiger charge is 1.96. The first-order valence-corrected chi connectivity index (χ1v) is 3.77. The first kappa shape index (κ1) is 9.27. The number of aliphatic hydroxyl groups excluding tert-OH is 1. The van der Waals surface area contributed by atoms with Gasteiger partial charge in [-0.25, -0.2) is 0 Å². The van der Waals surface area contributed by atoms with Gasteiger partial charge in [0.25, 0.3) is 0 Å². The summed E-state index contributed by atoms with van der Waals surface area (Å²) in [5, 5.41) is 8.49. The maximum Gasteiger partial charge on any atom is 0.0777 e. The maximum atomic E-state index is 8.49. The quantitative estimate of drug-likeness (QED) is 0.446. The zero-order valence-electron chi connectivity index (χ0n) is 5.71. The zero-order valence-corrected chi connectivity index (χ0v) is 6.60. The molecule has 0 radical (unpaired) electrons. The Morgan fingerprint density at radius 2 is 2.33 bits per heavy atom. The van der Waals surface area contributed by atoms with Crippen molar-refractivity contribution in [1.82, 2.24) is 0 Å². The van der Waals surface area contributed by atoms with Gasteiger partial charge in [-0.1, -0.05) is 0 Å². The van der Waals surface area contributed by atoms with Crippen molar-refractivity contribution in [2.24, 2.45) is 0 Å². The summed E-state index contributed by atoms with van der Waals surface area (Å²) in [7, 11) is 0. The van der Waals surface area contributed by atoms with E-state index in [1.54, 1.807) is 0 Å². The molecule has 0 aromatic heterocycles. The first-order valence-electron chi connectivity index (χ1n) is 3.14. The van der Waals surface area contributed by atoms with Crippen LogP contribution in [0.25, 0.3) is 0 Å². The van der Waals surface area contributed by atoms with Gasteiger partial charge in [0.15, 0.2) is 0 Å². The fraction of sp³-hybridized carbons (Fsp3) is 1.00. The van der Waals surface area contributed by atoms with Crippen molar-refractivity contribution in [1.29, 1.82) is 0 Å². The molecule has 0 aliphatic heterocycles. The molecule has 3 heteroatoms. The third-order valence-electron chi connectivity index (χ3n) is 0.962. The summed E-state index contributed by atoms with van der Waals surface area (Å²) in [5.74, 6) is 0.845. The van der Waals surface area contributed by atoms with Crippen LogP contribution in [0.1, 0.15) is 13.3 Å². The van der Waals surface area contributed by atoms with Gasteiger partial charge in [0.2, 0.25) is 0 Å². The van der Waals surface area contributed by atoms with Crippen molar-refractivity contribution in [3.05, 3.63) is 0 Å². The molecule has 0 aromatic rings. The number of ether oxygens (including phenoxy) is 1. The van der Waals surface area contributed by atoms with E-state index >= 15 is 0 Å². The molecule has 0 heterocycles. The average Bonchev–Trinajstić information content (AvgIpc) is 1.89. The lowest BCUT2D eigenvalue weighted by atomic mass is 10.4. The zero-order chi connectivity index (χ0) is 7.11. The minimum atomic E-state index is -0.0233. The van der Waals surface area contributed by atoms with Crippen LogP contribution in [0.5, 0.6) is 0 Å². The Morgan fingerprint density at radius 1 is 1.67 bits per heavy atom. The van der Waals surface area contributed by atoms with Crippen LogP contribution >= 0.6 is 12.6 Å². The second-order valence-electron chi connectivity index (χ2n) is 1.94. The van der Waals surface area contributed by atoms with Crippen LogP contribution in [-0.4, -0.2) is 30.2 Å². The van der Waals surface area contributed by atoms with Crippen molar-refractivity contribution in [2.75, 3.05) is 19.0 Å². The van der Waals surface area contributed by atoms with Gasteiger partial charge < -0.3 is 9.84 Å². The van der Waals surface area contributed by atoms with Crippen LogP contribution in [-0.2, 0) is 4.74 Å². The van der Waals surface area contributed by atoms with Crippen LogP contribution in [0, 0.1) is 0 Å². The molecule has 56 valence electrons. The van der Waals surface area contributed by atoms with E-state index in [9.17, 15) is 0 Å². The number of rotatable bonds is 5. The molecule has 9 heavy (non-hydrogen) atoms. The molecule has 0 aromatic carbocycles. The minimum absolute atomic E-state index is 0.0233. The highest BCUT2D eigenvalue weighted by atomic mass is 32.1. The SMILES string of the molecule is CC(CO)OCCCS. The van der Waals surface area contributed by atoms with Gasteiger partial charge >= 0.3 is 0 Å². The van der Waals surface area contributed by atoms with Crippen LogP contribution in [0.3, 0.4) is 0 Å². The lowest BCUT2D eigenvalue weighted by Gasteiger charge is -2.07. The largest absolute Gasteiger partial charge is 0.394 e. The predicted molar refractivity (Wildman–Crippen MR) is 41.0 cm³/mol. The molecule has 2 nitrogen and oxygen atoms in total. The average molecular weight is 150 g/mol.